The van der Waals surface area contributed by atoms with Crippen LogP contribution in [0.3, 0.4) is 0 Å². The molecule has 1 aromatic carbocycles. The zero-order chi connectivity index (χ0) is 20.7. The van der Waals surface area contributed by atoms with Crippen molar-refractivity contribution >= 4 is 5.96 Å². The van der Waals surface area contributed by atoms with Crippen LogP contribution >= 0.6 is 0 Å². The van der Waals surface area contributed by atoms with Crippen molar-refractivity contribution in [2.75, 3.05) is 33.4 Å². The van der Waals surface area contributed by atoms with Gasteiger partial charge in [-0.3, -0.25) is 4.90 Å². The lowest BCUT2D eigenvalue weighted by Gasteiger charge is -2.17. The maximum Gasteiger partial charge on any atom is 0.191 e. The van der Waals surface area contributed by atoms with E-state index >= 15 is 0 Å². The molecule has 1 heterocycles. The third-order valence-corrected chi connectivity index (χ3v) is 4.53. The topological polar surface area (TPSA) is 62.0 Å². The van der Waals surface area contributed by atoms with Crippen molar-refractivity contribution in [1.29, 1.82) is 0 Å². The van der Waals surface area contributed by atoms with E-state index in [9.17, 15) is 0 Å². The second kappa shape index (κ2) is 13.8. The van der Waals surface area contributed by atoms with Crippen LogP contribution in [0.1, 0.15) is 43.6 Å². The fraction of sp³-hybridized carbons (Fsp3) is 0.522. The molecule has 0 amide bonds. The summed E-state index contributed by atoms with van der Waals surface area (Å²) in [5.41, 5.74) is 2.53. The highest BCUT2D eigenvalue weighted by molar-refractivity contribution is 5.79. The van der Waals surface area contributed by atoms with Crippen LogP contribution in [0.5, 0.6) is 0 Å². The van der Waals surface area contributed by atoms with E-state index in [0.29, 0.717) is 6.54 Å². The third-order valence-electron chi connectivity index (χ3n) is 4.53. The number of nitrogens with one attached hydrogen (secondary N) is 2. The lowest BCUT2D eigenvalue weighted by molar-refractivity contribution is 0.143. The number of aliphatic imine (C=N–C) groups is 1. The minimum atomic E-state index is 0.652. The Hall–Kier alpha value is -2.31. The minimum absolute atomic E-state index is 0.652. The van der Waals surface area contributed by atoms with Crippen LogP contribution in [0.15, 0.2) is 52.1 Å². The summed E-state index contributed by atoms with van der Waals surface area (Å²) >= 11 is 0. The number of ether oxygens (including phenoxy) is 1. The molecule has 2 rings (SSSR count). The smallest absolute Gasteiger partial charge is 0.191 e. The number of unbranched alkanes of at least 4 members (excludes halogenated alkanes) is 1. The zero-order valence-electron chi connectivity index (χ0n) is 18.1. The van der Waals surface area contributed by atoms with Crippen LogP contribution in [0.25, 0.3) is 0 Å². The van der Waals surface area contributed by atoms with E-state index in [0.717, 1.165) is 64.0 Å². The normalized spacial score (nSPS) is 11.8. The molecule has 0 bridgehead atoms. The number of furan rings is 1. The van der Waals surface area contributed by atoms with Gasteiger partial charge in [0.25, 0.3) is 0 Å². The summed E-state index contributed by atoms with van der Waals surface area (Å²) in [6.45, 7) is 9.76. The van der Waals surface area contributed by atoms with Crippen LogP contribution in [-0.4, -0.2) is 44.2 Å². The molecular formula is C23H36N4O2. The average molecular weight is 401 g/mol. The van der Waals surface area contributed by atoms with E-state index in [4.69, 9.17) is 14.1 Å². The summed E-state index contributed by atoms with van der Waals surface area (Å²) in [6.07, 6.45) is 3.85. The molecule has 0 fully saturated rings. The van der Waals surface area contributed by atoms with E-state index in [1.807, 2.05) is 19.1 Å². The zero-order valence-corrected chi connectivity index (χ0v) is 18.1. The molecule has 0 saturated carbocycles. The Morgan fingerprint density at radius 2 is 1.86 bits per heavy atom. The fourth-order valence-corrected chi connectivity index (χ4v) is 3.07. The van der Waals surface area contributed by atoms with E-state index in [1.165, 1.54) is 11.1 Å². The van der Waals surface area contributed by atoms with Crippen molar-refractivity contribution in [3.05, 3.63) is 59.5 Å². The van der Waals surface area contributed by atoms with Gasteiger partial charge in [-0.25, -0.2) is 4.99 Å². The molecule has 0 spiro atoms. The SMILES string of the molecule is CCNC(=NCc1ccccc1CN(C)Cc1ccco1)NCCCCOCC. The quantitative estimate of drug-likeness (QED) is 0.304. The third kappa shape index (κ3) is 9.15. The molecule has 0 aliphatic heterocycles. The number of hydrogen-bond donors (Lipinski definition) is 2. The molecule has 0 atom stereocenters. The number of rotatable bonds is 13. The average Bonchev–Trinajstić information content (AvgIpc) is 3.22. The summed E-state index contributed by atoms with van der Waals surface area (Å²) in [5, 5.41) is 6.75. The Morgan fingerprint density at radius 1 is 1.03 bits per heavy atom. The van der Waals surface area contributed by atoms with Crippen molar-refractivity contribution < 1.29 is 9.15 Å². The van der Waals surface area contributed by atoms with E-state index in [-0.39, 0.29) is 0 Å². The van der Waals surface area contributed by atoms with E-state index in [2.05, 4.69) is 53.8 Å². The summed E-state index contributed by atoms with van der Waals surface area (Å²) < 4.78 is 10.8. The number of guanidine groups is 1. The summed E-state index contributed by atoms with van der Waals surface area (Å²) in [7, 11) is 2.11. The highest BCUT2D eigenvalue weighted by atomic mass is 16.5. The Kier molecular flexibility index (Phi) is 10.9. The van der Waals surface area contributed by atoms with Gasteiger partial charge in [-0.15, -0.1) is 0 Å². The monoisotopic (exact) mass is 400 g/mol. The molecular weight excluding hydrogens is 364 g/mol. The maximum atomic E-state index is 5.46. The van der Waals surface area contributed by atoms with Gasteiger partial charge in [-0.2, -0.15) is 0 Å². The van der Waals surface area contributed by atoms with Gasteiger partial charge in [0, 0.05) is 32.8 Å². The summed E-state index contributed by atoms with van der Waals surface area (Å²) in [5.74, 6) is 1.84. The summed E-state index contributed by atoms with van der Waals surface area (Å²) in [6, 6.07) is 12.4. The molecule has 0 radical (unpaired) electrons. The van der Waals surface area contributed by atoms with Gasteiger partial charge in [0.05, 0.1) is 19.4 Å². The molecule has 1 aromatic heterocycles. The molecule has 160 valence electrons. The van der Waals surface area contributed by atoms with Crippen LogP contribution in [-0.2, 0) is 24.4 Å². The second-order valence-corrected chi connectivity index (χ2v) is 7.05. The van der Waals surface area contributed by atoms with Crippen molar-refractivity contribution in [3.8, 4) is 0 Å². The van der Waals surface area contributed by atoms with Crippen LogP contribution in [0.2, 0.25) is 0 Å². The van der Waals surface area contributed by atoms with Gasteiger partial charge < -0.3 is 19.8 Å². The minimum Gasteiger partial charge on any atom is -0.468 e. The molecule has 0 aliphatic carbocycles. The van der Waals surface area contributed by atoms with E-state index < -0.39 is 0 Å². The van der Waals surface area contributed by atoms with Gasteiger partial charge in [-0.1, -0.05) is 24.3 Å². The number of hydrogen-bond acceptors (Lipinski definition) is 4. The first-order chi connectivity index (χ1) is 14.2. The fourth-order valence-electron chi connectivity index (χ4n) is 3.07. The molecule has 2 aromatic rings. The molecule has 2 N–H and O–H groups in total. The number of benzene rings is 1. The molecule has 6 heteroatoms. The Morgan fingerprint density at radius 3 is 2.59 bits per heavy atom. The first-order valence-corrected chi connectivity index (χ1v) is 10.6. The van der Waals surface area contributed by atoms with Crippen molar-refractivity contribution in [1.82, 2.24) is 15.5 Å². The van der Waals surface area contributed by atoms with Crippen LogP contribution < -0.4 is 10.6 Å². The Labute approximate surface area is 175 Å². The lowest BCUT2D eigenvalue weighted by Crippen LogP contribution is -2.37. The van der Waals surface area contributed by atoms with Crippen LogP contribution in [0.4, 0.5) is 0 Å². The van der Waals surface area contributed by atoms with Gasteiger partial charge in [0.15, 0.2) is 5.96 Å². The predicted molar refractivity (Wildman–Crippen MR) is 119 cm³/mol. The molecule has 0 saturated heterocycles. The lowest BCUT2D eigenvalue weighted by atomic mass is 10.1. The molecule has 6 nitrogen and oxygen atoms in total. The first kappa shape index (κ1) is 23.0. The second-order valence-electron chi connectivity index (χ2n) is 7.05. The van der Waals surface area contributed by atoms with Crippen molar-refractivity contribution in [2.24, 2.45) is 4.99 Å². The largest absolute Gasteiger partial charge is 0.468 e. The van der Waals surface area contributed by atoms with E-state index in [1.54, 1.807) is 6.26 Å². The van der Waals surface area contributed by atoms with Crippen LogP contribution in [0, 0.1) is 0 Å². The Bertz CT molecular complexity index is 701. The van der Waals surface area contributed by atoms with Gasteiger partial charge in [-0.05, 0) is 57.0 Å². The van der Waals surface area contributed by atoms with Crippen molar-refractivity contribution in [3.63, 3.8) is 0 Å². The van der Waals surface area contributed by atoms with Gasteiger partial charge in [0.1, 0.15) is 5.76 Å². The van der Waals surface area contributed by atoms with Crippen molar-refractivity contribution in [2.45, 2.75) is 46.3 Å². The summed E-state index contributed by atoms with van der Waals surface area (Å²) in [4.78, 5) is 7.04. The Balaban J connectivity index is 1.89. The van der Waals surface area contributed by atoms with Gasteiger partial charge >= 0.3 is 0 Å². The standard InChI is InChI=1S/C23H36N4O2/c1-4-24-23(25-14-8-9-15-28-5-2)26-17-20-11-6-7-12-21(20)18-27(3)19-22-13-10-16-29-22/h6-7,10-13,16H,4-5,8-9,14-15,17-19H2,1-3H3,(H2,24,25,26). The molecule has 0 aliphatic rings. The molecule has 0 unspecified atom stereocenters. The van der Waals surface area contributed by atoms with Gasteiger partial charge in [0.2, 0.25) is 0 Å². The number of nitrogens with zero attached hydrogens (tertiary/aromatic N) is 2. The highest BCUT2D eigenvalue weighted by Crippen LogP contribution is 2.14. The first-order valence-electron chi connectivity index (χ1n) is 10.6. The highest BCUT2D eigenvalue weighted by Gasteiger charge is 2.08. The predicted octanol–water partition coefficient (Wildman–Crippen LogP) is 3.78. The maximum absolute atomic E-state index is 5.46. The molecule has 29 heavy (non-hydrogen) atoms.